The number of carbonyl (C=O) groups is 2. The van der Waals surface area contributed by atoms with Crippen molar-refractivity contribution in [2.75, 3.05) is 19.4 Å². The molecule has 1 aromatic heterocycles. The highest BCUT2D eigenvalue weighted by molar-refractivity contribution is 7.89. The van der Waals surface area contributed by atoms with Crippen molar-refractivity contribution in [3.8, 4) is 0 Å². The van der Waals surface area contributed by atoms with Crippen LogP contribution in [0.2, 0.25) is 10.0 Å². The van der Waals surface area contributed by atoms with Gasteiger partial charge in [0.05, 0.1) is 20.5 Å². The van der Waals surface area contributed by atoms with Crippen molar-refractivity contribution in [3.63, 3.8) is 0 Å². The molecule has 8 nitrogen and oxygen atoms in total. The smallest absolute Gasteiger partial charge is 0.338 e. The number of anilines is 1. The Bertz CT molecular complexity index is 1010. The number of rotatable bonds is 6. The first-order valence-corrected chi connectivity index (χ1v) is 10.1. The van der Waals surface area contributed by atoms with Gasteiger partial charge in [-0.05, 0) is 31.2 Å². The predicted octanol–water partition coefficient (Wildman–Crippen LogP) is 2.82. The maximum atomic E-state index is 12.3. The van der Waals surface area contributed by atoms with Crippen LogP contribution >= 0.6 is 23.2 Å². The first kappa shape index (κ1) is 22.1. The zero-order chi connectivity index (χ0) is 21.1. The van der Waals surface area contributed by atoms with Crippen molar-refractivity contribution in [3.05, 3.63) is 52.1 Å². The van der Waals surface area contributed by atoms with Gasteiger partial charge in [0.25, 0.3) is 5.91 Å². The third kappa shape index (κ3) is 5.20. The summed E-state index contributed by atoms with van der Waals surface area (Å²) in [7, 11) is -0.959. The van der Waals surface area contributed by atoms with Crippen molar-refractivity contribution in [2.45, 2.75) is 17.9 Å². The molecular formula is C17H17Cl2N3O5S. The standard InChI is InChI=1S/C17H17Cl2N3O5S/c1-10(16(23)21-15-14(19)8-12(18)9-20-15)27-17(24)11-5-4-6-13(7-11)28(25,26)22(2)3/h4-10H,1-3H3,(H,20,21,23). The number of nitrogens with zero attached hydrogens (tertiary/aromatic N) is 2. The molecule has 2 aromatic rings. The quantitative estimate of drug-likeness (QED) is 0.685. The summed E-state index contributed by atoms with van der Waals surface area (Å²) < 4.78 is 30.5. The van der Waals surface area contributed by atoms with Crippen LogP contribution in [-0.4, -0.2) is 49.8 Å². The Kier molecular flexibility index (Phi) is 7.00. The Morgan fingerprint density at radius 2 is 1.89 bits per heavy atom. The van der Waals surface area contributed by atoms with E-state index in [9.17, 15) is 18.0 Å². The second-order valence-corrected chi connectivity index (χ2v) is 8.83. The number of hydrogen-bond acceptors (Lipinski definition) is 6. The molecule has 1 heterocycles. The van der Waals surface area contributed by atoms with E-state index in [0.717, 1.165) is 4.31 Å². The minimum absolute atomic E-state index is 0.00905. The number of benzene rings is 1. The molecule has 1 aromatic carbocycles. The number of ether oxygens (including phenoxy) is 1. The molecule has 1 atom stereocenters. The molecule has 11 heteroatoms. The third-order valence-electron chi connectivity index (χ3n) is 3.55. The molecule has 0 aliphatic carbocycles. The molecule has 0 aliphatic heterocycles. The second-order valence-electron chi connectivity index (χ2n) is 5.84. The fourth-order valence-corrected chi connectivity index (χ4v) is 3.38. The first-order chi connectivity index (χ1) is 13.0. The molecule has 1 unspecified atom stereocenters. The van der Waals surface area contributed by atoms with Crippen LogP contribution in [0.5, 0.6) is 0 Å². The number of carbonyl (C=O) groups excluding carboxylic acids is 2. The van der Waals surface area contributed by atoms with E-state index < -0.39 is 28.0 Å². The van der Waals surface area contributed by atoms with Gasteiger partial charge >= 0.3 is 5.97 Å². The van der Waals surface area contributed by atoms with Gasteiger partial charge in [-0.3, -0.25) is 4.79 Å². The minimum Gasteiger partial charge on any atom is -0.449 e. The van der Waals surface area contributed by atoms with Gasteiger partial charge in [0.15, 0.2) is 11.9 Å². The Labute approximate surface area is 172 Å². The fourth-order valence-electron chi connectivity index (χ4n) is 2.00. The van der Waals surface area contributed by atoms with Crippen molar-refractivity contribution in [1.82, 2.24) is 9.29 Å². The molecule has 1 N–H and O–H groups in total. The molecule has 0 saturated carbocycles. The zero-order valence-electron chi connectivity index (χ0n) is 15.1. The van der Waals surface area contributed by atoms with E-state index in [1.807, 2.05) is 0 Å². The number of halogens is 2. The van der Waals surface area contributed by atoms with E-state index in [1.54, 1.807) is 0 Å². The lowest BCUT2D eigenvalue weighted by Crippen LogP contribution is -2.30. The van der Waals surface area contributed by atoms with E-state index in [-0.39, 0.29) is 21.3 Å². The number of sulfonamides is 1. The summed E-state index contributed by atoms with van der Waals surface area (Å²) in [4.78, 5) is 28.3. The highest BCUT2D eigenvalue weighted by Gasteiger charge is 2.23. The summed E-state index contributed by atoms with van der Waals surface area (Å²) >= 11 is 11.7. The van der Waals surface area contributed by atoms with Crippen LogP contribution in [0.15, 0.2) is 41.4 Å². The van der Waals surface area contributed by atoms with E-state index >= 15 is 0 Å². The number of hydrogen-bond donors (Lipinski definition) is 1. The van der Waals surface area contributed by atoms with Gasteiger partial charge in [-0.15, -0.1) is 0 Å². The Hall–Kier alpha value is -2.20. The highest BCUT2D eigenvalue weighted by atomic mass is 35.5. The first-order valence-electron chi connectivity index (χ1n) is 7.88. The van der Waals surface area contributed by atoms with E-state index in [1.165, 1.54) is 57.5 Å². The van der Waals surface area contributed by atoms with Crippen LogP contribution in [-0.2, 0) is 19.6 Å². The second kappa shape index (κ2) is 8.87. The summed E-state index contributed by atoms with van der Waals surface area (Å²) in [5.74, 6) is -1.45. The third-order valence-corrected chi connectivity index (χ3v) is 5.86. The molecule has 0 fully saturated rings. The number of pyridine rings is 1. The van der Waals surface area contributed by atoms with E-state index in [2.05, 4.69) is 10.3 Å². The average molecular weight is 446 g/mol. The molecule has 28 heavy (non-hydrogen) atoms. The summed E-state index contributed by atoms with van der Waals surface area (Å²) in [6.07, 6.45) is 0.117. The normalized spacial score (nSPS) is 12.5. The molecule has 1 amide bonds. The average Bonchev–Trinajstić information content (AvgIpc) is 2.63. The van der Waals surface area contributed by atoms with Gasteiger partial charge in [0, 0.05) is 20.3 Å². The maximum absolute atomic E-state index is 12.3. The Morgan fingerprint density at radius 3 is 2.50 bits per heavy atom. The molecule has 0 radical (unpaired) electrons. The largest absolute Gasteiger partial charge is 0.449 e. The number of aromatic nitrogens is 1. The topological polar surface area (TPSA) is 106 Å². The van der Waals surface area contributed by atoms with Gasteiger partial charge < -0.3 is 10.1 Å². The van der Waals surface area contributed by atoms with Crippen LogP contribution < -0.4 is 5.32 Å². The molecular weight excluding hydrogens is 429 g/mol. The van der Waals surface area contributed by atoms with Gasteiger partial charge in [-0.25, -0.2) is 22.5 Å². The minimum atomic E-state index is -3.71. The van der Waals surface area contributed by atoms with Crippen molar-refractivity contribution in [1.29, 1.82) is 0 Å². The lowest BCUT2D eigenvalue weighted by atomic mass is 10.2. The van der Waals surface area contributed by atoms with Crippen LogP contribution in [0.25, 0.3) is 0 Å². The fraction of sp³-hybridized carbons (Fsp3) is 0.235. The molecule has 150 valence electrons. The van der Waals surface area contributed by atoms with Gasteiger partial charge in [-0.2, -0.15) is 0 Å². The molecule has 0 spiro atoms. The lowest BCUT2D eigenvalue weighted by molar-refractivity contribution is -0.123. The maximum Gasteiger partial charge on any atom is 0.338 e. The van der Waals surface area contributed by atoms with E-state index in [0.29, 0.717) is 5.02 Å². The summed E-state index contributed by atoms with van der Waals surface area (Å²) in [5.41, 5.74) is -0.00905. The van der Waals surface area contributed by atoms with Gasteiger partial charge in [0.1, 0.15) is 0 Å². The van der Waals surface area contributed by atoms with E-state index in [4.69, 9.17) is 27.9 Å². The number of amides is 1. The molecule has 2 rings (SSSR count). The lowest BCUT2D eigenvalue weighted by Gasteiger charge is -2.15. The van der Waals surface area contributed by atoms with Crippen LogP contribution in [0, 0.1) is 0 Å². The Morgan fingerprint density at radius 1 is 1.21 bits per heavy atom. The van der Waals surface area contributed by atoms with Gasteiger partial charge in [0.2, 0.25) is 10.0 Å². The summed E-state index contributed by atoms with van der Waals surface area (Å²) in [6, 6.07) is 6.74. The SMILES string of the molecule is CC(OC(=O)c1cccc(S(=O)(=O)N(C)C)c1)C(=O)Nc1ncc(Cl)cc1Cl. The van der Waals surface area contributed by atoms with Crippen LogP contribution in [0.1, 0.15) is 17.3 Å². The van der Waals surface area contributed by atoms with Crippen molar-refractivity contribution in [2.24, 2.45) is 0 Å². The summed E-state index contributed by atoms with van der Waals surface area (Å²) in [6.45, 7) is 1.36. The monoisotopic (exact) mass is 445 g/mol. The Balaban J connectivity index is 2.11. The van der Waals surface area contributed by atoms with Gasteiger partial charge in [-0.1, -0.05) is 29.3 Å². The summed E-state index contributed by atoms with van der Waals surface area (Å²) in [5, 5.41) is 2.85. The highest BCUT2D eigenvalue weighted by Crippen LogP contribution is 2.23. The molecule has 0 saturated heterocycles. The van der Waals surface area contributed by atoms with Crippen LogP contribution in [0.4, 0.5) is 5.82 Å². The van der Waals surface area contributed by atoms with Crippen LogP contribution in [0.3, 0.4) is 0 Å². The number of nitrogens with one attached hydrogen (secondary N) is 1. The molecule has 0 bridgehead atoms. The zero-order valence-corrected chi connectivity index (χ0v) is 17.5. The number of esters is 1. The van der Waals surface area contributed by atoms with Crippen molar-refractivity contribution >= 4 is 50.9 Å². The molecule has 0 aliphatic rings. The predicted molar refractivity (Wildman–Crippen MR) is 105 cm³/mol. The van der Waals surface area contributed by atoms with Crippen molar-refractivity contribution < 1.29 is 22.7 Å².